The topological polar surface area (TPSA) is 112 Å². The lowest BCUT2D eigenvalue weighted by Crippen LogP contribution is -2.22. The molecule has 0 radical (unpaired) electrons. The quantitative estimate of drug-likeness (QED) is 0.758. The molecule has 8 heteroatoms. The zero-order valence-corrected chi connectivity index (χ0v) is 11.4. The Morgan fingerprint density at radius 3 is 2.75 bits per heavy atom. The van der Waals surface area contributed by atoms with Crippen LogP contribution in [0, 0.1) is 6.92 Å². The number of sulfonamides is 1. The Balaban J connectivity index is 2.10. The monoisotopic (exact) mass is 295 g/mol. The third-order valence-corrected chi connectivity index (χ3v) is 4.02. The minimum atomic E-state index is -3.75. The van der Waals surface area contributed by atoms with Crippen LogP contribution in [0.4, 0.5) is 0 Å². The zero-order valence-electron chi connectivity index (χ0n) is 10.6. The number of nitrogens with zero attached hydrogens (tertiary/aromatic N) is 1. The summed E-state index contributed by atoms with van der Waals surface area (Å²) in [7, 11) is -3.75. The number of carboxylic acid groups (broad SMARTS) is 1. The molecule has 0 saturated heterocycles. The number of aromatic amines is 1. The summed E-state index contributed by atoms with van der Waals surface area (Å²) in [6.45, 7) is 1.92. The maximum absolute atomic E-state index is 12.0. The smallest absolute Gasteiger partial charge is 0.352 e. The highest BCUT2D eigenvalue weighted by Gasteiger charge is 2.17. The number of hydrogen-bond donors (Lipinski definition) is 3. The zero-order chi connectivity index (χ0) is 14.8. The van der Waals surface area contributed by atoms with Gasteiger partial charge in [0.15, 0.2) is 0 Å². The Morgan fingerprint density at radius 1 is 1.45 bits per heavy atom. The lowest BCUT2D eigenvalue weighted by Gasteiger charge is -2.04. The van der Waals surface area contributed by atoms with Gasteiger partial charge in [0, 0.05) is 24.6 Å². The fourth-order valence-electron chi connectivity index (χ4n) is 1.52. The molecule has 0 bridgehead atoms. The number of H-pyrrole nitrogens is 1. The van der Waals surface area contributed by atoms with Gasteiger partial charge in [0.2, 0.25) is 10.0 Å². The fourth-order valence-corrected chi connectivity index (χ4v) is 2.53. The number of aromatic carboxylic acids is 1. The summed E-state index contributed by atoms with van der Waals surface area (Å²) in [6.07, 6.45) is 2.72. The van der Waals surface area contributed by atoms with Crippen molar-refractivity contribution in [3.63, 3.8) is 0 Å². The van der Waals surface area contributed by atoms with E-state index in [1.165, 1.54) is 0 Å². The van der Waals surface area contributed by atoms with Gasteiger partial charge >= 0.3 is 5.97 Å². The van der Waals surface area contributed by atoms with E-state index in [1.54, 1.807) is 18.3 Å². The van der Waals surface area contributed by atoms with Crippen LogP contribution in [0.1, 0.15) is 21.7 Å². The second-order valence-corrected chi connectivity index (χ2v) is 5.95. The number of hydrogen-bond acceptors (Lipinski definition) is 4. The van der Waals surface area contributed by atoms with E-state index in [0.29, 0.717) is 5.56 Å². The largest absolute Gasteiger partial charge is 0.477 e. The minimum Gasteiger partial charge on any atom is -0.477 e. The molecule has 0 spiro atoms. The average molecular weight is 295 g/mol. The van der Waals surface area contributed by atoms with Crippen molar-refractivity contribution in [2.75, 3.05) is 0 Å². The van der Waals surface area contributed by atoms with Crippen molar-refractivity contribution in [1.29, 1.82) is 0 Å². The number of rotatable bonds is 5. The highest BCUT2D eigenvalue weighted by atomic mass is 32.2. The van der Waals surface area contributed by atoms with E-state index in [-0.39, 0.29) is 17.1 Å². The first-order valence-electron chi connectivity index (χ1n) is 5.71. The first kappa shape index (κ1) is 14.2. The summed E-state index contributed by atoms with van der Waals surface area (Å²) in [4.78, 5) is 17.0. The van der Waals surface area contributed by atoms with E-state index in [9.17, 15) is 13.2 Å². The molecule has 0 saturated carbocycles. The van der Waals surface area contributed by atoms with Gasteiger partial charge in [0.1, 0.15) is 10.6 Å². The lowest BCUT2D eigenvalue weighted by atomic mass is 10.2. The maximum Gasteiger partial charge on any atom is 0.352 e. The SMILES string of the molecule is Cc1ccc(CNS(=O)(=O)c2c[nH]c(C(=O)O)c2)cn1. The molecule has 0 amide bonds. The average Bonchev–Trinajstić information content (AvgIpc) is 2.89. The second kappa shape index (κ2) is 5.43. The molecule has 0 aromatic carbocycles. The van der Waals surface area contributed by atoms with Gasteiger partial charge in [-0.15, -0.1) is 0 Å². The van der Waals surface area contributed by atoms with Crippen LogP contribution in [-0.2, 0) is 16.6 Å². The number of aromatic nitrogens is 2. The normalized spacial score (nSPS) is 11.4. The third-order valence-electron chi connectivity index (χ3n) is 2.64. The number of pyridine rings is 1. The molecule has 0 atom stereocenters. The molecule has 2 aromatic rings. The molecule has 0 unspecified atom stereocenters. The molecule has 3 N–H and O–H groups in total. The standard InChI is InChI=1S/C12H13N3O4S/c1-8-2-3-9(5-13-8)6-15-20(18,19)10-4-11(12(16)17)14-7-10/h2-5,7,14-15H,6H2,1H3,(H,16,17). The van der Waals surface area contributed by atoms with Crippen molar-refractivity contribution < 1.29 is 18.3 Å². The number of carboxylic acids is 1. The molecule has 0 aliphatic rings. The molecule has 0 aliphatic carbocycles. The summed E-state index contributed by atoms with van der Waals surface area (Å²) in [6, 6.07) is 4.62. The number of aryl methyl sites for hydroxylation is 1. The highest BCUT2D eigenvalue weighted by molar-refractivity contribution is 7.89. The summed E-state index contributed by atoms with van der Waals surface area (Å²) >= 11 is 0. The second-order valence-electron chi connectivity index (χ2n) is 4.19. The Labute approximate surface area is 115 Å². The van der Waals surface area contributed by atoms with E-state index in [0.717, 1.165) is 18.0 Å². The van der Waals surface area contributed by atoms with Gasteiger partial charge in [-0.25, -0.2) is 17.9 Å². The van der Waals surface area contributed by atoms with Crippen LogP contribution in [0.3, 0.4) is 0 Å². The van der Waals surface area contributed by atoms with Crippen LogP contribution >= 0.6 is 0 Å². The van der Waals surface area contributed by atoms with Crippen LogP contribution < -0.4 is 4.72 Å². The van der Waals surface area contributed by atoms with E-state index in [2.05, 4.69) is 14.7 Å². The van der Waals surface area contributed by atoms with Crippen molar-refractivity contribution in [2.24, 2.45) is 0 Å². The van der Waals surface area contributed by atoms with E-state index in [4.69, 9.17) is 5.11 Å². The van der Waals surface area contributed by atoms with Crippen molar-refractivity contribution in [2.45, 2.75) is 18.4 Å². The number of nitrogens with one attached hydrogen (secondary N) is 2. The summed E-state index contributed by atoms with van der Waals surface area (Å²) in [5, 5.41) is 8.74. The Kier molecular flexibility index (Phi) is 3.86. The van der Waals surface area contributed by atoms with Gasteiger partial charge in [-0.1, -0.05) is 6.07 Å². The maximum atomic E-state index is 12.0. The molecule has 20 heavy (non-hydrogen) atoms. The predicted octanol–water partition coefficient (Wildman–Crippen LogP) is 0.895. The third kappa shape index (κ3) is 3.22. The first-order chi connectivity index (χ1) is 9.38. The summed E-state index contributed by atoms with van der Waals surface area (Å²) < 4.78 is 26.3. The van der Waals surface area contributed by atoms with E-state index in [1.807, 2.05) is 6.92 Å². The molecule has 2 aromatic heterocycles. The Morgan fingerprint density at radius 2 is 2.20 bits per heavy atom. The van der Waals surface area contributed by atoms with Crippen LogP contribution in [0.5, 0.6) is 0 Å². The van der Waals surface area contributed by atoms with Crippen molar-refractivity contribution >= 4 is 16.0 Å². The van der Waals surface area contributed by atoms with Gasteiger partial charge in [-0.05, 0) is 24.6 Å². The molecule has 106 valence electrons. The predicted molar refractivity (Wildman–Crippen MR) is 70.8 cm³/mol. The van der Waals surface area contributed by atoms with Crippen LogP contribution in [-0.4, -0.2) is 29.5 Å². The van der Waals surface area contributed by atoms with Crippen molar-refractivity contribution in [1.82, 2.24) is 14.7 Å². The lowest BCUT2D eigenvalue weighted by molar-refractivity contribution is 0.0691. The molecular formula is C12H13N3O4S. The van der Waals surface area contributed by atoms with E-state index >= 15 is 0 Å². The Hall–Kier alpha value is -2.19. The summed E-state index contributed by atoms with van der Waals surface area (Å²) in [5.41, 5.74) is 1.38. The van der Waals surface area contributed by atoms with Crippen molar-refractivity contribution in [3.05, 3.63) is 47.5 Å². The van der Waals surface area contributed by atoms with Crippen LogP contribution in [0.2, 0.25) is 0 Å². The van der Waals surface area contributed by atoms with Gasteiger partial charge < -0.3 is 10.1 Å². The highest BCUT2D eigenvalue weighted by Crippen LogP contribution is 2.11. The molecule has 2 heterocycles. The summed E-state index contributed by atoms with van der Waals surface area (Å²) in [5.74, 6) is -1.21. The van der Waals surface area contributed by atoms with Gasteiger partial charge in [-0.3, -0.25) is 4.98 Å². The van der Waals surface area contributed by atoms with Gasteiger partial charge in [0.25, 0.3) is 0 Å². The van der Waals surface area contributed by atoms with Gasteiger partial charge in [0.05, 0.1) is 0 Å². The number of carbonyl (C=O) groups is 1. The molecule has 2 rings (SSSR count). The molecular weight excluding hydrogens is 282 g/mol. The van der Waals surface area contributed by atoms with E-state index < -0.39 is 16.0 Å². The van der Waals surface area contributed by atoms with Crippen molar-refractivity contribution in [3.8, 4) is 0 Å². The fraction of sp³-hybridized carbons (Fsp3) is 0.167. The molecule has 0 aliphatic heterocycles. The van der Waals surface area contributed by atoms with Crippen LogP contribution in [0.15, 0.2) is 35.5 Å². The molecule has 7 nitrogen and oxygen atoms in total. The Bertz CT molecular complexity index is 719. The van der Waals surface area contributed by atoms with Crippen LogP contribution in [0.25, 0.3) is 0 Å². The first-order valence-corrected chi connectivity index (χ1v) is 7.20. The molecule has 0 fully saturated rings. The minimum absolute atomic E-state index is 0.0865. The van der Waals surface area contributed by atoms with Gasteiger partial charge in [-0.2, -0.15) is 0 Å².